The largest absolute Gasteiger partial charge is 0.459 e. The number of aldehydes is 1. The monoisotopic (exact) mass is 434 g/mol. The topological polar surface area (TPSA) is 60.2 Å². The van der Waals surface area contributed by atoms with Crippen LogP contribution >= 0.6 is 0 Å². The van der Waals surface area contributed by atoms with Gasteiger partial charge in [-0.05, 0) is 57.0 Å². The summed E-state index contributed by atoms with van der Waals surface area (Å²) in [6.07, 6.45) is 2.76. The number of benzene rings is 1. The number of nitrogens with zero attached hydrogens (tertiary/aromatic N) is 2. The first kappa shape index (κ1) is 22.2. The fourth-order valence-electron chi connectivity index (χ4n) is 4.47. The fourth-order valence-corrected chi connectivity index (χ4v) is 4.47. The predicted molar refractivity (Wildman–Crippen MR) is 124 cm³/mol. The van der Waals surface area contributed by atoms with Gasteiger partial charge in [0.15, 0.2) is 0 Å². The first-order chi connectivity index (χ1) is 15.4. The average Bonchev–Trinajstić information content (AvgIpc) is 3.22. The molecular weight excluding hydrogens is 404 g/mol. The molecule has 0 spiro atoms. The highest BCUT2D eigenvalue weighted by Crippen LogP contribution is 2.32. The van der Waals surface area contributed by atoms with Crippen LogP contribution < -0.4 is 0 Å². The highest BCUT2D eigenvalue weighted by molar-refractivity contribution is 5.93. The standard InChI is InChI=1S/C26H30N2O4/c1-17(2)32-26(30)24-14-23-13-22(21-7-5-6-20(12-21)16-29)15-28(23)25(18(24)3)19(4)27-8-10-31-11-9-27/h5-7,12-17,19H,8-11H2,1-4H3. The molecule has 6 heteroatoms. The number of hydrogen-bond acceptors (Lipinski definition) is 5. The Morgan fingerprint density at radius 3 is 2.53 bits per heavy atom. The predicted octanol–water partition coefficient (Wildman–Crippen LogP) is 4.69. The summed E-state index contributed by atoms with van der Waals surface area (Å²) in [5, 5.41) is 0. The summed E-state index contributed by atoms with van der Waals surface area (Å²) in [6, 6.07) is 11.6. The van der Waals surface area contributed by atoms with E-state index in [0.717, 1.165) is 47.3 Å². The van der Waals surface area contributed by atoms with Gasteiger partial charge in [0.2, 0.25) is 0 Å². The van der Waals surface area contributed by atoms with Crippen LogP contribution in [0.15, 0.2) is 42.6 Å². The summed E-state index contributed by atoms with van der Waals surface area (Å²) in [4.78, 5) is 26.6. The van der Waals surface area contributed by atoms with Crippen LogP contribution in [0.5, 0.6) is 0 Å². The van der Waals surface area contributed by atoms with Gasteiger partial charge < -0.3 is 13.9 Å². The summed E-state index contributed by atoms with van der Waals surface area (Å²) in [5.41, 5.74) is 6.10. The number of aromatic nitrogens is 1. The number of morpholine rings is 1. The van der Waals surface area contributed by atoms with E-state index in [2.05, 4.69) is 28.5 Å². The van der Waals surface area contributed by atoms with E-state index in [9.17, 15) is 9.59 Å². The molecule has 1 fully saturated rings. The summed E-state index contributed by atoms with van der Waals surface area (Å²) in [5.74, 6) is -0.305. The molecule has 0 N–H and O–H groups in total. The molecule has 4 rings (SSSR count). The number of hydrogen-bond donors (Lipinski definition) is 0. The summed E-state index contributed by atoms with van der Waals surface area (Å²) >= 11 is 0. The van der Waals surface area contributed by atoms with Crippen LogP contribution in [0.3, 0.4) is 0 Å². The van der Waals surface area contributed by atoms with E-state index in [1.165, 1.54) is 0 Å². The number of rotatable bonds is 6. The van der Waals surface area contributed by atoms with Gasteiger partial charge in [-0.2, -0.15) is 0 Å². The summed E-state index contributed by atoms with van der Waals surface area (Å²) < 4.78 is 13.3. The van der Waals surface area contributed by atoms with E-state index >= 15 is 0 Å². The molecule has 0 saturated carbocycles. The molecular formula is C26H30N2O4. The van der Waals surface area contributed by atoms with Gasteiger partial charge in [0.05, 0.1) is 24.9 Å². The molecule has 1 aromatic carbocycles. The molecule has 0 bridgehead atoms. The van der Waals surface area contributed by atoms with Crippen molar-refractivity contribution < 1.29 is 19.1 Å². The average molecular weight is 435 g/mol. The quantitative estimate of drug-likeness (QED) is 0.416. The van der Waals surface area contributed by atoms with Gasteiger partial charge in [-0.25, -0.2) is 4.79 Å². The van der Waals surface area contributed by atoms with Gasteiger partial charge in [-0.1, -0.05) is 18.2 Å². The summed E-state index contributed by atoms with van der Waals surface area (Å²) in [6.45, 7) is 11.0. The van der Waals surface area contributed by atoms with E-state index in [1.54, 1.807) is 6.07 Å². The zero-order valence-corrected chi connectivity index (χ0v) is 19.1. The third-order valence-corrected chi connectivity index (χ3v) is 6.10. The van der Waals surface area contributed by atoms with E-state index < -0.39 is 0 Å². The van der Waals surface area contributed by atoms with Crippen molar-refractivity contribution in [1.29, 1.82) is 0 Å². The van der Waals surface area contributed by atoms with Crippen molar-refractivity contribution in [2.75, 3.05) is 26.3 Å². The van der Waals surface area contributed by atoms with Crippen LogP contribution in [0, 0.1) is 6.92 Å². The molecule has 1 aliphatic heterocycles. The van der Waals surface area contributed by atoms with E-state index in [0.29, 0.717) is 24.3 Å². The Bertz CT molecular complexity index is 1140. The number of esters is 1. The lowest BCUT2D eigenvalue weighted by atomic mass is 10.0. The Labute approximate surface area is 188 Å². The second kappa shape index (κ2) is 9.27. The number of carbonyl (C=O) groups excluding carboxylic acids is 2. The normalized spacial score (nSPS) is 15.8. The van der Waals surface area contributed by atoms with Gasteiger partial charge in [-0.15, -0.1) is 0 Å². The Hall–Kier alpha value is -2.96. The molecule has 1 saturated heterocycles. The van der Waals surface area contributed by atoms with Crippen LogP contribution in [-0.2, 0) is 9.47 Å². The molecule has 2 aromatic heterocycles. The minimum Gasteiger partial charge on any atom is -0.459 e. The number of carbonyl (C=O) groups is 2. The van der Waals surface area contributed by atoms with Gasteiger partial charge in [0.1, 0.15) is 6.29 Å². The molecule has 1 atom stereocenters. The molecule has 3 heterocycles. The second-order valence-corrected chi connectivity index (χ2v) is 8.61. The molecule has 0 aliphatic carbocycles. The zero-order valence-electron chi connectivity index (χ0n) is 19.1. The molecule has 1 unspecified atom stereocenters. The van der Waals surface area contributed by atoms with Gasteiger partial charge in [0, 0.05) is 47.7 Å². The van der Waals surface area contributed by atoms with Crippen LogP contribution in [0.1, 0.15) is 58.8 Å². The van der Waals surface area contributed by atoms with Gasteiger partial charge >= 0.3 is 5.97 Å². The second-order valence-electron chi connectivity index (χ2n) is 8.61. The number of fused-ring (bicyclic) bond motifs is 1. The lowest BCUT2D eigenvalue weighted by molar-refractivity contribution is 0.0186. The lowest BCUT2D eigenvalue weighted by Gasteiger charge is -2.34. The third kappa shape index (κ3) is 4.33. The maximum Gasteiger partial charge on any atom is 0.338 e. The number of ether oxygens (including phenoxy) is 2. The Balaban J connectivity index is 1.88. The summed E-state index contributed by atoms with van der Waals surface area (Å²) in [7, 11) is 0. The smallest absolute Gasteiger partial charge is 0.338 e. The third-order valence-electron chi connectivity index (χ3n) is 6.10. The van der Waals surface area contributed by atoms with Crippen molar-refractivity contribution in [3.63, 3.8) is 0 Å². The SMILES string of the molecule is Cc1c(C(=O)OC(C)C)cc2cc(-c3cccc(C=O)c3)cn2c1C(C)N1CCOCC1. The van der Waals surface area contributed by atoms with Crippen molar-refractivity contribution in [3.05, 3.63) is 65.0 Å². The van der Waals surface area contributed by atoms with E-state index in [4.69, 9.17) is 9.47 Å². The minimum absolute atomic E-state index is 0.0924. The van der Waals surface area contributed by atoms with E-state index in [-0.39, 0.29) is 18.1 Å². The lowest BCUT2D eigenvalue weighted by Crippen LogP contribution is -2.39. The first-order valence-electron chi connectivity index (χ1n) is 11.1. The molecule has 1 aliphatic rings. The Morgan fingerprint density at radius 1 is 1.09 bits per heavy atom. The van der Waals surface area contributed by atoms with Crippen LogP contribution in [0.2, 0.25) is 0 Å². The Morgan fingerprint density at radius 2 is 1.84 bits per heavy atom. The first-order valence-corrected chi connectivity index (χ1v) is 11.1. The van der Waals surface area contributed by atoms with Crippen molar-refractivity contribution in [2.45, 2.75) is 39.8 Å². The van der Waals surface area contributed by atoms with Crippen LogP contribution in [-0.4, -0.2) is 54.0 Å². The molecule has 168 valence electrons. The van der Waals surface area contributed by atoms with Crippen molar-refractivity contribution in [3.8, 4) is 11.1 Å². The minimum atomic E-state index is -0.305. The number of pyridine rings is 1. The highest BCUT2D eigenvalue weighted by Gasteiger charge is 2.26. The molecule has 0 radical (unpaired) electrons. The molecule has 6 nitrogen and oxygen atoms in total. The maximum absolute atomic E-state index is 12.9. The zero-order chi connectivity index (χ0) is 22.8. The molecule has 0 amide bonds. The highest BCUT2D eigenvalue weighted by atomic mass is 16.5. The van der Waals surface area contributed by atoms with E-state index in [1.807, 2.05) is 45.0 Å². The van der Waals surface area contributed by atoms with Crippen molar-refractivity contribution in [2.24, 2.45) is 0 Å². The van der Waals surface area contributed by atoms with Crippen molar-refractivity contribution >= 4 is 17.8 Å². The molecule has 3 aromatic rings. The van der Waals surface area contributed by atoms with Crippen molar-refractivity contribution in [1.82, 2.24) is 9.30 Å². The Kier molecular flexibility index (Phi) is 6.44. The molecule has 32 heavy (non-hydrogen) atoms. The van der Waals surface area contributed by atoms with Crippen LogP contribution in [0.4, 0.5) is 0 Å². The van der Waals surface area contributed by atoms with Gasteiger partial charge in [0.25, 0.3) is 0 Å². The van der Waals surface area contributed by atoms with Crippen LogP contribution in [0.25, 0.3) is 16.6 Å². The van der Waals surface area contributed by atoms with Gasteiger partial charge in [-0.3, -0.25) is 9.69 Å². The maximum atomic E-state index is 12.9. The fraction of sp³-hybridized carbons (Fsp3) is 0.385.